The number of nitrogens with one attached hydrogen (secondary N) is 1. The maximum Gasteiger partial charge on any atom is 0.345 e. The van der Waals surface area contributed by atoms with Gasteiger partial charge in [-0.2, -0.15) is 4.58 Å². The molecule has 29 heavy (non-hydrogen) atoms. The van der Waals surface area contributed by atoms with Crippen LogP contribution < -0.4 is 10.1 Å². The van der Waals surface area contributed by atoms with Gasteiger partial charge in [-0.1, -0.05) is 0 Å². The number of aromatic nitrogens is 2. The number of hydrogen-bond acceptors (Lipinski definition) is 6. The molecular formula is C19H19F2N4O4+. The second-order valence-corrected chi connectivity index (χ2v) is 7.09. The molecule has 8 nitrogen and oxygen atoms in total. The number of alkyl halides is 2. The van der Waals surface area contributed by atoms with E-state index in [1.165, 1.54) is 4.58 Å². The van der Waals surface area contributed by atoms with Gasteiger partial charge in [0.25, 0.3) is 12.2 Å². The van der Waals surface area contributed by atoms with E-state index in [2.05, 4.69) is 10.3 Å². The zero-order chi connectivity index (χ0) is 20.0. The van der Waals surface area contributed by atoms with Crippen LogP contribution in [0, 0.1) is 0 Å². The van der Waals surface area contributed by atoms with Gasteiger partial charge in [0.2, 0.25) is 6.29 Å². The fourth-order valence-corrected chi connectivity index (χ4v) is 3.67. The first kappa shape index (κ1) is 18.0. The van der Waals surface area contributed by atoms with Crippen molar-refractivity contribution >= 4 is 23.7 Å². The molecule has 1 atom stereocenters. The molecular weight excluding hydrogens is 386 g/mol. The van der Waals surface area contributed by atoms with E-state index in [9.17, 15) is 13.6 Å². The van der Waals surface area contributed by atoms with Crippen LogP contribution in [0.1, 0.15) is 0 Å². The lowest BCUT2D eigenvalue weighted by Crippen LogP contribution is -2.40. The summed E-state index contributed by atoms with van der Waals surface area (Å²) in [6.07, 6.45) is -0.584. The Morgan fingerprint density at radius 3 is 2.86 bits per heavy atom. The second kappa shape index (κ2) is 7.11. The minimum absolute atomic E-state index is 0.151. The molecule has 0 saturated carbocycles. The number of rotatable bonds is 5. The molecule has 2 aromatic rings. The van der Waals surface area contributed by atoms with Gasteiger partial charge in [0.05, 0.1) is 31.4 Å². The summed E-state index contributed by atoms with van der Waals surface area (Å²) in [5, 5.41) is 3.37. The van der Waals surface area contributed by atoms with Crippen LogP contribution >= 0.6 is 0 Å². The molecule has 3 aliphatic rings. The van der Waals surface area contributed by atoms with Gasteiger partial charge in [-0.15, -0.1) is 0 Å². The zero-order valence-electron chi connectivity index (χ0n) is 15.4. The predicted molar refractivity (Wildman–Crippen MR) is 98.1 cm³/mol. The number of imidazole rings is 1. The Morgan fingerprint density at radius 1 is 1.28 bits per heavy atom. The van der Waals surface area contributed by atoms with Crippen molar-refractivity contribution in [2.45, 2.75) is 25.1 Å². The maximum absolute atomic E-state index is 13.4. The Labute approximate surface area is 164 Å². The van der Waals surface area contributed by atoms with E-state index in [1.807, 2.05) is 22.8 Å². The van der Waals surface area contributed by atoms with Crippen LogP contribution in [-0.2, 0) is 20.8 Å². The number of hydrogen-bond donors (Lipinski definition) is 1. The quantitative estimate of drug-likeness (QED) is 0.602. The van der Waals surface area contributed by atoms with Gasteiger partial charge < -0.3 is 24.1 Å². The zero-order valence-corrected chi connectivity index (χ0v) is 15.4. The van der Waals surface area contributed by atoms with E-state index in [0.29, 0.717) is 44.2 Å². The maximum atomic E-state index is 13.4. The number of fused-ring (bicyclic) bond motifs is 3. The van der Waals surface area contributed by atoms with Gasteiger partial charge in [0.1, 0.15) is 25.2 Å². The van der Waals surface area contributed by atoms with Crippen molar-refractivity contribution in [1.82, 2.24) is 9.55 Å². The van der Waals surface area contributed by atoms with Gasteiger partial charge >= 0.3 is 11.7 Å². The molecule has 3 aliphatic heterocycles. The van der Waals surface area contributed by atoms with Crippen LogP contribution in [0.5, 0.6) is 5.75 Å². The van der Waals surface area contributed by atoms with E-state index in [4.69, 9.17) is 14.2 Å². The Balaban J connectivity index is 1.52. The molecule has 0 bridgehead atoms. The average Bonchev–Trinajstić information content (AvgIpc) is 3.25. The van der Waals surface area contributed by atoms with Crippen LogP contribution in [0.3, 0.4) is 0 Å². The molecule has 0 spiro atoms. The first-order chi connectivity index (χ1) is 14.1. The van der Waals surface area contributed by atoms with Crippen molar-refractivity contribution in [3.8, 4) is 17.1 Å². The van der Waals surface area contributed by atoms with Gasteiger partial charge in [-0.25, -0.2) is 8.78 Å². The Kier molecular flexibility index (Phi) is 4.42. The van der Waals surface area contributed by atoms with Gasteiger partial charge in [0.15, 0.2) is 6.04 Å². The lowest BCUT2D eigenvalue weighted by atomic mass is 10.1. The van der Waals surface area contributed by atoms with Gasteiger partial charge in [-0.05, 0) is 17.1 Å². The summed E-state index contributed by atoms with van der Waals surface area (Å²) < 4.78 is 46.1. The van der Waals surface area contributed by atoms with Crippen molar-refractivity contribution < 1.29 is 32.4 Å². The van der Waals surface area contributed by atoms with Crippen LogP contribution in [0.4, 0.5) is 20.3 Å². The van der Waals surface area contributed by atoms with E-state index < -0.39 is 12.5 Å². The minimum Gasteiger partial charge on any atom is -0.491 e. The number of ether oxygens (including phenoxy) is 3. The average molecular weight is 405 g/mol. The number of halogens is 2. The van der Waals surface area contributed by atoms with Crippen molar-refractivity contribution in [3.63, 3.8) is 0 Å². The summed E-state index contributed by atoms with van der Waals surface area (Å²) in [5.41, 5.74) is 1.67. The van der Waals surface area contributed by atoms with E-state index >= 15 is 0 Å². The lowest BCUT2D eigenvalue weighted by Gasteiger charge is -2.28. The number of carbonyl (C=O) groups is 1. The van der Waals surface area contributed by atoms with Crippen molar-refractivity contribution in [2.75, 3.05) is 31.7 Å². The summed E-state index contributed by atoms with van der Waals surface area (Å²) in [7, 11) is 0. The largest absolute Gasteiger partial charge is 0.491 e. The van der Waals surface area contributed by atoms with Gasteiger partial charge in [-0.3, -0.25) is 4.79 Å². The molecule has 1 aromatic heterocycles. The molecule has 1 aromatic carbocycles. The second-order valence-electron chi connectivity index (χ2n) is 7.09. The lowest BCUT2D eigenvalue weighted by molar-refractivity contribution is -0.492. The number of aldehydes is 1. The molecule has 1 fully saturated rings. The highest BCUT2D eigenvalue weighted by atomic mass is 19.3. The highest BCUT2D eigenvalue weighted by molar-refractivity contribution is 6.21. The smallest absolute Gasteiger partial charge is 0.345 e. The fraction of sp³-hybridized carbons (Fsp3) is 0.421. The van der Waals surface area contributed by atoms with E-state index in [-0.39, 0.29) is 24.4 Å². The molecule has 5 rings (SSSR count). The Hall–Kier alpha value is -3.01. The Bertz CT molecular complexity index is 987. The normalized spacial score (nSPS) is 21.0. The molecule has 1 N–H and O–H groups in total. The van der Waals surface area contributed by atoms with Crippen molar-refractivity contribution in [1.29, 1.82) is 0 Å². The third-order valence-electron chi connectivity index (χ3n) is 5.19. The SMILES string of the molecule is O=CC1=[N+](c2cn3c(n2)-c2ccc(NC4COC4)cc2OCC3)[C@H](C(F)F)CO1. The van der Waals surface area contributed by atoms with Crippen molar-refractivity contribution in [3.05, 3.63) is 24.4 Å². The summed E-state index contributed by atoms with van der Waals surface area (Å²) in [6, 6.07) is 4.75. The summed E-state index contributed by atoms with van der Waals surface area (Å²) in [5.74, 6) is 1.36. The van der Waals surface area contributed by atoms with Crippen LogP contribution in [0.15, 0.2) is 24.4 Å². The standard InChI is InChI=1S/C19H18F2N4O4/c20-18(21)14-10-29-17(7-26)25(14)16-6-24-3-4-28-15-5-11(22-12-8-27-9-12)1-2-13(15)19(24)23-16/h1-2,5-7,12,14,18H,3-4,8-10H2/p+1/t14-/m0/s1. The molecule has 0 amide bonds. The highest BCUT2D eigenvalue weighted by Gasteiger charge is 2.42. The molecule has 0 unspecified atom stereocenters. The Morgan fingerprint density at radius 2 is 2.14 bits per heavy atom. The van der Waals surface area contributed by atoms with Crippen molar-refractivity contribution in [2.24, 2.45) is 0 Å². The summed E-state index contributed by atoms with van der Waals surface area (Å²) in [6.45, 7) is 1.99. The molecule has 1 saturated heterocycles. The summed E-state index contributed by atoms with van der Waals surface area (Å²) in [4.78, 5) is 15.8. The van der Waals surface area contributed by atoms with Crippen LogP contribution in [0.2, 0.25) is 0 Å². The number of nitrogens with zero attached hydrogens (tertiary/aromatic N) is 3. The molecule has 0 aliphatic carbocycles. The minimum atomic E-state index is -2.67. The molecule has 0 radical (unpaired) electrons. The number of benzene rings is 1. The van der Waals surface area contributed by atoms with Crippen LogP contribution in [-0.4, -0.2) is 71.2 Å². The third-order valence-corrected chi connectivity index (χ3v) is 5.19. The van der Waals surface area contributed by atoms with E-state index in [0.717, 1.165) is 11.3 Å². The van der Waals surface area contributed by atoms with E-state index in [1.54, 1.807) is 6.20 Å². The van der Waals surface area contributed by atoms with Gasteiger partial charge in [0, 0.05) is 11.8 Å². The topological polar surface area (TPSA) is 77.6 Å². The third kappa shape index (κ3) is 3.13. The summed E-state index contributed by atoms with van der Waals surface area (Å²) >= 11 is 0. The molecule has 10 heteroatoms. The first-order valence-corrected chi connectivity index (χ1v) is 9.35. The van der Waals surface area contributed by atoms with Crippen LogP contribution in [0.25, 0.3) is 11.4 Å². The number of carbonyl (C=O) groups excluding carboxylic acids is 1. The molecule has 4 heterocycles. The fourth-order valence-electron chi connectivity index (χ4n) is 3.67. The molecule has 152 valence electrons. The monoisotopic (exact) mass is 405 g/mol. The number of anilines is 1. The highest BCUT2D eigenvalue weighted by Crippen LogP contribution is 2.36. The predicted octanol–water partition coefficient (Wildman–Crippen LogP) is 1.66. The first-order valence-electron chi connectivity index (χ1n) is 9.35.